The zero-order valence-corrected chi connectivity index (χ0v) is 22.2. The molecule has 0 aromatic heterocycles. The number of nitrogens with one attached hydrogen (secondary N) is 2. The Morgan fingerprint density at radius 1 is 0.917 bits per heavy atom. The molecule has 6 nitrogen and oxygen atoms in total. The van der Waals surface area contributed by atoms with Crippen molar-refractivity contribution in [1.29, 1.82) is 0 Å². The number of ether oxygens (including phenoxy) is 2. The van der Waals surface area contributed by atoms with Crippen molar-refractivity contribution in [3.8, 4) is 11.5 Å². The third kappa shape index (κ3) is 7.66. The van der Waals surface area contributed by atoms with Gasteiger partial charge < -0.3 is 20.1 Å². The fraction of sp³-hybridized carbons (Fsp3) is 0.667. The molecule has 2 fully saturated rings. The van der Waals surface area contributed by atoms with Crippen molar-refractivity contribution < 1.29 is 19.1 Å². The maximum Gasteiger partial charge on any atom is 0.311 e. The highest BCUT2D eigenvalue weighted by Gasteiger charge is 2.28. The molecule has 36 heavy (non-hydrogen) atoms. The molecule has 2 saturated heterocycles. The Morgan fingerprint density at radius 3 is 2.03 bits per heavy atom. The molecule has 2 heterocycles. The van der Waals surface area contributed by atoms with E-state index >= 15 is 0 Å². The van der Waals surface area contributed by atoms with Gasteiger partial charge in [0.25, 0.3) is 0 Å². The van der Waals surface area contributed by atoms with E-state index < -0.39 is 0 Å². The lowest BCUT2D eigenvalue weighted by Crippen LogP contribution is -2.20. The summed E-state index contributed by atoms with van der Waals surface area (Å²) in [4.78, 5) is 26.0. The molecular formula is C30H44N2O4. The maximum absolute atomic E-state index is 13.0. The first-order valence-corrected chi connectivity index (χ1v) is 14.2. The van der Waals surface area contributed by atoms with E-state index in [4.69, 9.17) is 9.47 Å². The second kappa shape index (κ2) is 13.4. The Morgan fingerprint density at radius 2 is 1.53 bits per heavy atom. The largest absolute Gasteiger partial charge is 0.426 e. The number of rotatable bonds is 11. The van der Waals surface area contributed by atoms with Crippen LogP contribution in [-0.2, 0) is 16.0 Å². The van der Waals surface area contributed by atoms with Crippen LogP contribution in [0.15, 0.2) is 23.8 Å². The number of aryl methyl sites for hydroxylation is 1. The number of benzene rings is 1. The minimum Gasteiger partial charge on any atom is -0.426 e. The van der Waals surface area contributed by atoms with Crippen molar-refractivity contribution in [1.82, 2.24) is 10.6 Å². The number of carbonyl (C=O) groups excluding carboxylic acids is 2. The van der Waals surface area contributed by atoms with Gasteiger partial charge in [0.1, 0.15) is 11.5 Å². The van der Waals surface area contributed by atoms with Gasteiger partial charge >= 0.3 is 11.9 Å². The van der Waals surface area contributed by atoms with Gasteiger partial charge in [-0.15, -0.1) is 0 Å². The summed E-state index contributed by atoms with van der Waals surface area (Å²) in [7, 11) is 0. The summed E-state index contributed by atoms with van der Waals surface area (Å²) in [5.74, 6) is 1.51. The standard InChI is InChI=1S/C30H44N2O4/c1-3-4-5-8-22-15-26(35-28(33)17-23-10-12-31-19-23)30(25-9-6-7-21(2)14-25)27(16-22)36-29(34)18-24-11-13-32-20-24/h14-16,23-25,31-32H,3-13,17-20H2,1-2H3/t23?,24?,25-/m0/s1. The molecule has 0 bridgehead atoms. The first kappa shape index (κ1) is 26.9. The van der Waals surface area contributed by atoms with E-state index in [1.165, 1.54) is 5.57 Å². The first-order chi connectivity index (χ1) is 17.5. The van der Waals surface area contributed by atoms with E-state index in [0.29, 0.717) is 36.2 Å². The number of esters is 2. The van der Waals surface area contributed by atoms with Crippen LogP contribution in [0.3, 0.4) is 0 Å². The predicted octanol–water partition coefficient (Wildman–Crippen LogP) is 5.44. The quantitative estimate of drug-likeness (QED) is 0.184. The van der Waals surface area contributed by atoms with Gasteiger partial charge in [0.2, 0.25) is 0 Å². The van der Waals surface area contributed by atoms with Crippen molar-refractivity contribution in [3.05, 3.63) is 34.9 Å². The Hall–Kier alpha value is -2.18. The molecule has 1 aliphatic carbocycles. The summed E-state index contributed by atoms with van der Waals surface area (Å²) in [5.41, 5.74) is 3.27. The topological polar surface area (TPSA) is 76.7 Å². The van der Waals surface area contributed by atoms with Crippen LogP contribution in [-0.4, -0.2) is 38.1 Å². The molecule has 1 aromatic rings. The highest BCUT2D eigenvalue weighted by molar-refractivity contribution is 5.76. The van der Waals surface area contributed by atoms with Gasteiger partial charge in [0.15, 0.2) is 0 Å². The fourth-order valence-electron chi connectivity index (χ4n) is 5.83. The minimum absolute atomic E-state index is 0.0790. The highest BCUT2D eigenvalue weighted by atomic mass is 16.5. The number of hydrogen-bond acceptors (Lipinski definition) is 6. The number of unbranched alkanes of at least 4 members (excludes halogenated alkanes) is 2. The second-order valence-electron chi connectivity index (χ2n) is 11.0. The molecule has 2 unspecified atom stereocenters. The van der Waals surface area contributed by atoms with Gasteiger partial charge in [-0.25, -0.2) is 0 Å². The molecule has 6 heteroatoms. The molecule has 198 valence electrons. The van der Waals surface area contributed by atoms with Crippen molar-refractivity contribution >= 4 is 11.9 Å². The van der Waals surface area contributed by atoms with Crippen molar-refractivity contribution in [2.45, 2.75) is 90.4 Å². The lowest BCUT2D eigenvalue weighted by molar-refractivity contribution is -0.135. The molecular weight excluding hydrogens is 452 g/mol. The Kier molecular flexibility index (Phi) is 9.99. The van der Waals surface area contributed by atoms with Crippen LogP contribution >= 0.6 is 0 Å². The van der Waals surface area contributed by atoms with Crippen molar-refractivity contribution in [2.24, 2.45) is 11.8 Å². The monoisotopic (exact) mass is 496 g/mol. The SMILES string of the molecule is CCCCCc1cc(OC(=O)CC2CCNC2)c([C@@H]2C=C(C)CCC2)c(OC(=O)CC2CCNC2)c1. The van der Waals surface area contributed by atoms with Gasteiger partial charge in [-0.1, -0.05) is 31.4 Å². The van der Waals surface area contributed by atoms with E-state index in [0.717, 1.165) is 95.1 Å². The molecule has 0 saturated carbocycles. The Labute approximate surface area is 216 Å². The van der Waals surface area contributed by atoms with Crippen LogP contribution in [0.1, 0.15) is 95.1 Å². The van der Waals surface area contributed by atoms with Crippen LogP contribution in [0.5, 0.6) is 11.5 Å². The van der Waals surface area contributed by atoms with Gasteiger partial charge in [-0.3, -0.25) is 9.59 Å². The molecule has 3 aliphatic rings. The van der Waals surface area contributed by atoms with E-state index in [1.54, 1.807) is 0 Å². The van der Waals surface area contributed by atoms with Crippen LogP contribution in [0.4, 0.5) is 0 Å². The van der Waals surface area contributed by atoms with Crippen molar-refractivity contribution in [3.63, 3.8) is 0 Å². The van der Waals surface area contributed by atoms with E-state index in [9.17, 15) is 9.59 Å². The van der Waals surface area contributed by atoms with Gasteiger partial charge in [-0.2, -0.15) is 0 Å². The third-order valence-electron chi connectivity index (χ3n) is 7.86. The van der Waals surface area contributed by atoms with Gasteiger partial charge in [0, 0.05) is 11.5 Å². The highest BCUT2D eigenvalue weighted by Crippen LogP contribution is 2.43. The minimum atomic E-state index is -0.193. The van der Waals surface area contributed by atoms with Gasteiger partial charge in [-0.05, 0) is 108 Å². The summed E-state index contributed by atoms with van der Waals surface area (Å²) in [5, 5.41) is 6.66. The summed E-state index contributed by atoms with van der Waals surface area (Å²) in [6, 6.07) is 4.07. The second-order valence-corrected chi connectivity index (χ2v) is 11.0. The average Bonchev–Trinajstić information content (AvgIpc) is 3.53. The number of carbonyl (C=O) groups is 2. The van der Waals surface area contributed by atoms with E-state index in [1.807, 2.05) is 12.1 Å². The average molecular weight is 497 g/mol. The molecule has 0 amide bonds. The van der Waals surface area contributed by atoms with Crippen molar-refractivity contribution in [2.75, 3.05) is 26.2 Å². The fourth-order valence-corrected chi connectivity index (χ4v) is 5.83. The Balaban J connectivity index is 1.64. The smallest absolute Gasteiger partial charge is 0.311 e. The summed E-state index contributed by atoms with van der Waals surface area (Å²) < 4.78 is 12.2. The lowest BCUT2D eigenvalue weighted by Gasteiger charge is -2.25. The summed E-state index contributed by atoms with van der Waals surface area (Å²) in [6.07, 6.45) is 12.4. The predicted molar refractivity (Wildman–Crippen MR) is 142 cm³/mol. The van der Waals surface area contributed by atoms with E-state index in [-0.39, 0.29) is 17.9 Å². The van der Waals surface area contributed by atoms with E-state index in [2.05, 4.69) is 30.6 Å². The van der Waals surface area contributed by atoms with Gasteiger partial charge in [0.05, 0.1) is 12.8 Å². The molecule has 1 aromatic carbocycles. The zero-order valence-electron chi connectivity index (χ0n) is 22.2. The Bertz CT molecular complexity index is 876. The molecule has 0 radical (unpaired) electrons. The molecule has 4 rings (SSSR count). The summed E-state index contributed by atoms with van der Waals surface area (Å²) in [6.45, 7) is 7.99. The molecule has 3 atom stereocenters. The maximum atomic E-state index is 13.0. The van der Waals surface area contributed by atoms with Crippen LogP contribution < -0.4 is 20.1 Å². The number of allylic oxidation sites excluding steroid dienone is 2. The molecule has 0 spiro atoms. The van der Waals surface area contributed by atoms with Crippen LogP contribution in [0.25, 0.3) is 0 Å². The molecule has 2 aliphatic heterocycles. The lowest BCUT2D eigenvalue weighted by atomic mass is 9.84. The van der Waals surface area contributed by atoms with Crippen LogP contribution in [0.2, 0.25) is 0 Å². The summed E-state index contributed by atoms with van der Waals surface area (Å²) >= 11 is 0. The van der Waals surface area contributed by atoms with Crippen LogP contribution in [0, 0.1) is 11.8 Å². The third-order valence-corrected chi connectivity index (χ3v) is 7.86. The zero-order chi connectivity index (χ0) is 25.3. The first-order valence-electron chi connectivity index (χ1n) is 14.2. The molecule has 2 N–H and O–H groups in total. The normalized spacial score (nSPS) is 23.9. The number of hydrogen-bond donors (Lipinski definition) is 2.